The molecule has 0 unspecified atom stereocenters. The van der Waals surface area contributed by atoms with Crippen molar-refractivity contribution in [3.05, 3.63) is 33.4 Å². The van der Waals surface area contributed by atoms with E-state index in [0.717, 1.165) is 35.2 Å². The first-order valence-corrected chi connectivity index (χ1v) is 6.83. The maximum atomic E-state index is 12.1. The molecule has 1 heterocycles. The normalized spacial score (nSPS) is 18.7. The van der Waals surface area contributed by atoms with Crippen molar-refractivity contribution in [1.29, 1.82) is 0 Å². The van der Waals surface area contributed by atoms with E-state index in [-0.39, 0.29) is 11.4 Å². The van der Waals surface area contributed by atoms with E-state index in [1.54, 1.807) is 0 Å². The highest BCUT2D eigenvalue weighted by atomic mass is 127. The Morgan fingerprint density at radius 1 is 1.29 bits per heavy atom. The number of amides is 1. The molecule has 1 aliphatic heterocycles. The highest BCUT2D eigenvalue weighted by Gasteiger charge is 2.29. The van der Waals surface area contributed by atoms with Crippen molar-refractivity contribution in [3.63, 3.8) is 0 Å². The summed E-state index contributed by atoms with van der Waals surface area (Å²) in [6, 6.07) is 7.61. The van der Waals surface area contributed by atoms with Crippen LogP contribution in [0.2, 0.25) is 0 Å². The Bertz CT molecular complexity index is 396. The highest BCUT2D eigenvalue weighted by molar-refractivity contribution is 14.1. The van der Waals surface area contributed by atoms with Crippen LogP contribution in [0.3, 0.4) is 0 Å². The molecular formula is C13H16INO2. The fourth-order valence-corrected chi connectivity index (χ4v) is 2.25. The van der Waals surface area contributed by atoms with E-state index in [1.165, 1.54) is 0 Å². The number of nitrogens with one attached hydrogen (secondary N) is 1. The van der Waals surface area contributed by atoms with Gasteiger partial charge < -0.3 is 10.1 Å². The summed E-state index contributed by atoms with van der Waals surface area (Å²) in [6.07, 6.45) is 1.76. The van der Waals surface area contributed by atoms with Crippen LogP contribution < -0.4 is 5.32 Å². The Labute approximate surface area is 115 Å². The van der Waals surface area contributed by atoms with Gasteiger partial charge in [0.25, 0.3) is 5.91 Å². The van der Waals surface area contributed by atoms with Gasteiger partial charge in [0, 0.05) is 27.9 Å². The Morgan fingerprint density at radius 2 is 1.88 bits per heavy atom. The second kappa shape index (κ2) is 5.35. The first-order chi connectivity index (χ1) is 8.09. The van der Waals surface area contributed by atoms with E-state index < -0.39 is 0 Å². The summed E-state index contributed by atoms with van der Waals surface area (Å²) in [5, 5.41) is 3.11. The summed E-state index contributed by atoms with van der Waals surface area (Å²) in [5.41, 5.74) is 0.594. The van der Waals surface area contributed by atoms with Gasteiger partial charge >= 0.3 is 0 Å². The maximum absolute atomic E-state index is 12.1. The first-order valence-electron chi connectivity index (χ1n) is 5.75. The van der Waals surface area contributed by atoms with Crippen molar-refractivity contribution < 1.29 is 9.53 Å². The predicted octanol–water partition coefficient (Wildman–Crippen LogP) is 2.59. The number of carbonyl (C=O) groups is 1. The monoisotopic (exact) mass is 345 g/mol. The molecule has 1 aromatic carbocycles. The Morgan fingerprint density at radius 3 is 2.47 bits per heavy atom. The summed E-state index contributed by atoms with van der Waals surface area (Å²) in [4.78, 5) is 12.1. The molecule has 0 aliphatic carbocycles. The average Bonchev–Trinajstić information content (AvgIpc) is 2.30. The molecule has 1 aliphatic rings. The number of rotatable bonds is 2. The number of hydrogen-bond acceptors (Lipinski definition) is 2. The molecule has 0 radical (unpaired) electrons. The van der Waals surface area contributed by atoms with Crippen LogP contribution in [0.15, 0.2) is 24.3 Å². The van der Waals surface area contributed by atoms with E-state index >= 15 is 0 Å². The number of carbonyl (C=O) groups excluding carboxylic acids is 1. The number of halogens is 1. The van der Waals surface area contributed by atoms with Gasteiger partial charge in [0.1, 0.15) is 0 Å². The van der Waals surface area contributed by atoms with Gasteiger partial charge in [-0.05, 0) is 66.6 Å². The number of benzene rings is 1. The zero-order valence-electron chi connectivity index (χ0n) is 9.83. The molecule has 1 amide bonds. The van der Waals surface area contributed by atoms with Crippen molar-refractivity contribution in [2.45, 2.75) is 25.3 Å². The zero-order chi connectivity index (χ0) is 12.3. The van der Waals surface area contributed by atoms with Crippen LogP contribution in [0, 0.1) is 3.57 Å². The second-order valence-electron chi connectivity index (χ2n) is 4.63. The minimum atomic E-state index is -0.127. The third-order valence-corrected chi connectivity index (χ3v) is 3.84. The average molecular weight is 345 g/mol. The third kappa shape index (κ3) is 3.42. The molecule has 2 rings (SSSR count). The van der Waals surface area contributed by atoms with Crippen LogP contribution in [0.25, 0.3) is 0 Å². The molecule has 1 aromatic rings. The van der Waals surface area contributed by atoms with E-state index in [4.69, 9.17) is 4.74 Å². The van der Waals surface area contributed by atoms with Gasteiger partial charge in [-0.15, -0.1) is 0 Å². The van der Waals surface area contributed by atoms with Gasteiger partial charge in [0.05, 0.1) is 0 Å². The molecule has 1 N–H and O–H groups in total. The molecule has 0 saturated carbocycles. The van der Waals surface area contributed by atoms with Crippen LogP contribution in [-0.4, -0.2) is 24.7 Å². The van der Waals surface area contributed by atoms with Crippen molar-refractivity contribution >= 4 is 28.5 Å². The van der Waals surface area contributed by atoms with Gasteiger partial charge in [0.2, 0.25) is 0 Å². The molecule has 4 heteroatoms. The predicted molar refractivity (Wildman–Crippen MR) is 75.1 cm³/mol. The van der Waals surface area contributed by atoms with E-state index in [9.17, 15) is 4.79 Å². The van der Waals surface area contributed by atoms with E-state index in [2.05, 4.69) is 34.8 Å². The smallest absolute Gasteiger partial charge is 0.251 e. The maximum Gasteiger partial charge on any atom is 0.251 e. The van der Waals surface area contributed by atoms with Gasteiger partial charge in [-0.3, -0.25) is 4.79 Å². The quantitative estimate of drug-likeness (QED) is 0.837. The molecule has 3 nitrogen and oxygen atoms in total. The minimum absolute atomic E-state index is 0.00537. The number of hydrogen-bond donors (Lipinski definition) is 1. The van der Waals surface area contributed by atoms with Crippen LogP contribution in [-0.2, 0) is 4.74 Å². The van der Waals surface area contributed by atoms with Gasteiger partial charge in [0.15, 0.2) is 0 Å². The lowest BCUT2D eigenvalue weighted by atomic mass is 9.92. The lowest BCUT2D eigenvalue weighted by Crippen LogP contribution is -2.49. The molecule has 1 fully saturated rings. The number of ether oxygens (including phenoxy) is 1. The highest BCUT2D eigenvalue weighted by Crippen LogP contribution is 2.20. The van der Waals surface area contributed by atoms with Crippen LogP contribution in [0.4, 0.5) is 0 Å². The van der Waals surface area contributed by atoms with Gasteiger partial charge in [-0.2, -0.15) is 0 Å². The van der Waals surface area contributed by atoms with Crippen molar-refractivity contribution in [1.82, 2.24) is 5.32 Å². The third-order valence-electron chi connectivity index (χ3n) is 3.12. The van der Waals surface area contributed by atoms with Crippen LogP contribution >= 0.6 is 22.6 Å². The summed E-state index contributed by atoms with van der Waals surface area (Å²) < 4.78 is 6.45. The van der Waals surface area contributed by atoms with Crippen molar-refractivity contribution in [2.24, 2.45) is 0 Å². The topological polar surface area (TPSA) is 38.3 Å². The standard InChI is InChI=1S/C13H16INO2/c1-13(6-8-17-9-7-13)15-12(16)10-2-4-11(14)5-3-10/h2-5H,6-9H2,1H3,(H,15,16). The minimum Gasteiger partial charge on any atom is -0.381 e. The zero-order valence-corrected chi connectivity index (χ0v) is 12.0. The van der Waals surface area contributed by atoms with Crippen LogP contribution in [0.5, 0.6) is 0 Å². The first kappa shape index (κ1) is 12.8. The van der Waals surface area contributed by atoms with Crippen molar-refractivity contribution in [3.8, 4) is 0 Å². The van der Waals surface area contributed by atoms with Crippen molar-refractivity contribution in [2.75, 3.05) is 13.2 Å². The Hall–Kier alpha value is -0.620. The fraction of sp³-hybridized carbons (Fsp3) is 0.462. The van der Waals surface area contributed by atoms with Gasteiger partial charge in [-0.1, -0.05) is 0 Å². The molecule has 0 atom stereocenters. The fourth-order valence-electron chi connectivity index (χ4n) is 1.89. The van der Waals surface area contributed by atoms with E-state index in [1.807, 2.05) is 24.3 Å². The molecule has 1 saturated heterocycles. The molecule has 92 valence electrons. The van der Waals surface area contributed by atoms with Gasteiger partial charge in [-0.25, -0.2) is 0 Å². The lowest BCUT2D eigenvalue weighted by molar-refractivity contribution is 0.0423. The Kier molecular flexibility index (Phi) is 4.04. The summed E-state index contributed by atoms with van der Waals surface area (Å²) >= 11 is 2.23. The molecular weight excluding hydrogens is 329 g/mol. The molecule has 0 aromatic heterocycles. The summed E-state index contributed by atoms with van der Waals surface area (Å²) in [5.74, 6) is 0.00537. The largest absolute Gasteiger partial charge is 0.381 e. The lowest BCUT2D eigenvalue weighted by Gasteiger charge is -2.34. The molecule has 0 bridgehead atoms. The SMILES string of the molecule is CC1(NC(=O)c2ccc(I)cc2)CCOCC1. The summed E-state index contributed by atoms with van der Waals surface area (Å²) in [6.45, 7) is 3.53. The Balaban J connectivity index is 2.03. The second-order valence-corrected chi connectivity index (χ2v) is 5.88. The van der Waals surface area contributed by atoms with E-state index in [0.29, 0.717) is 0 Å². The van der Waals surface area contributed by atoms with Crippen LogP contribution in [0.1, 0.15) is 30.1 Å². The summed E-state index contributed by atoms with van der Waals surface area (Å²) in [7, 11) is 0. The molecule has 0 spiro atoms. The molecule has 17 heavy (non-hydrogen) atoms.